The number of carbonyl (C=O) groups excluding carboxylic acids is 4. The predicted molar refractivity (Wildman–Crippen MR) is 142 cm³/mol. The summed E-state index contributed by atoms with van der Waals surface area (Å²) in [6.07, 6.45) is 0. The van der Waals surface area contributed by atoms with E-state index in [0.717, 1.165) is 11.3 Å². The van der Waals surface area contributed by atoms with Crippen LogP contribution in [-0.4, -0.2) is 76.6 Å². The highest BCUT2D eigenvalue weighted by atomic mass is 35.5. The van der Waals surface area contributed by atoms with Gasteiger partial charge in [-0.25, -0.2) is 9.78 Å². The summed E-state index contributed by atoms with van der Waals surface area (Å²) < 4.78 is 10.3. The Labute approximate surface area is 236 Å². The fourth-order valence-corrected chi connectivity index (χ4v) is 3.94. The van der Waals surface area contributed by atoms with E-state index in [2.05, 4.69) is 26.1 Å². The van der Waals surface area contributed by atoms with E-state index in [-0.39, 0.29) is 41.3 Å². The number of rotatable bonds is 13. The van der Waals surface area contributed by atoms with Gasteiger partial charge in [-0.15, -0.1) is 22.9 Å². The van der Waals surface area contributed by atoms with Crippen molar-refractivity contribution in [2.45, 2.75) is 38.1 Å². The molecule has 15 nitrogen and oxygen atoms in total. The first-order valence-electron chi connectivity index (χ1n) is 11.5. The van der Waals surface area contributed by atoms with Crippen molar-refractivity contribution in [3.8, 4) is 0 Å². The van der Waals surface area contributed by atoms with Gasteiger partial charge in [-0.3, -0.25) is 24.5 Å². The number of nitrogens with one attached hydrogen (secondary N) is 3. The first-order valence-corrected chi connectivity index (χ1v) is 12.9. The second-order valence-electron chi connectivity index (χ2n) is 8.78. The number of hydrogen-bond donors (Lipinski definition) is 3. The van der Waals surface area contributed by atoms with Gasteiger partial charge in [0.15, 0.2) is 10.8 Å². The van der Waals surface area contributed by atoms with Gasteiger partial charge in [0, 0.05) is 24.6 Å². The molecule has 0 bridgehead atoms. The number of thiazole rings is 1. The highest BCUT2D eigenvalue weighted by Crippen LogP contribution is 2.20. The molecular weight excluding hydrogens is 572 g/mol. The van der Waals surface area contributed by atoms with E-state index < -0.39 is 46.3 Å². The topological polar surface area (TPSA) is 200 Å². The lowest BCUT2D eigenvalue weighted by Gasteiger charge is -2.36. The van der Waals surface area contributed by atoms with Crippen LogP contribution in [0.2, 0.25) is 0 Å². The summed E-state index contributed by atoms with van der Waals surface area (Å²) in [5.41, 5.74) is -1.69. The van der Waals surface area contributed by atoms with Crippen LogP contribution in [0.4, 0.5) is 10.8 Å². The molecule has 214 valence electrons. The minimum atomic E-state index is -1.69. The van der Waals surface area contributed by atoms with E-state index in [1.54, 1.807) is 0 Å². The van der Waals surface area contributed by atoms with Crippen LogP contribution in [-0.2, 0) is 40.1 Å². The van der Waals surface area contributed by atoms with Crippen molar-refractivity contribution in [1.29, 1.82) is 0 Å². The van der Waals surface area contributed by atoms with E-state index in [9.17, 15) is 29.3 Å². The molecule has 3 amide bonds. The molecule has 1 fully saturated rings. The standard InChI is InChI=1S/C23H25ClN6O9S/c1-23(2,21(34)38-9-12-4-6-13(7-5-12)30(35)36)39-29-18(15-11-40-22(26-15)27-16(31)8-24)20(33)28-17-14(10-37-3)25-19(17)32/h4-7,11,14,17H,8-10H2,1-3H3,(H,25,32)(H,28,33)(H,26,27,31)/t14-,17+/m1/s1. The molecule has 1 aliphatic heterocycles. The van der Waals surface area contributed by atoms with Crippen LogP contribution in [0.15, 0.2) is 34.8 Å². The molecule has 3 N–H and O–H groups in total. The lowest BCUT2D eigenvalue weighted by molar-refractivity contribution is -0.384. The Morgan fingerprint density at radius 3 is 2.58 bits per heavy atom. The van der Waals surface area contributed by atoms with Gasteiger partial charge in [-0.1, -0.05) is 5.16 Å². The Morgan fingerprint density at radius 1 is 1.27 bits per heavy atom. The van der Waals surface area contributed by atoms with Crippen LogP contribution in [0.3, 0.4) is 0 Å². The maximum Gasteiger partial charge on any atom is 0.353 e. The van der Waals surface area contributed by atoms with Crippen LogP contribution >= 0.6 is 22.9 Å². The molecule has 2 atom stereocenters. The van der Waals surface area contributed by atoms with Crippen LogP contribution in [0.1, 0.15) is 25.1 Å². The molecule has 1 aromatic carbocycles. The van der Waals surface area contributed by atoms with E-state index in [1.165, 1.54) is 50.6 Å². The molecular formula is C23H25ClN6O9S. The number of anilines is 1. The van der Waals surface area contributed by atoms with Crippen LogP contribution in [0.5, 0.6) is 0 Å². The number of β-lactam (4-membered cyclic amide) rings is 1. The number of methoxy groups -OCH3 is 1. The van der Waals surface area contributed by atoms with E-state index in [0.29, 0.717) is 5.56 Å². The Morgan fingerprint density at radius 2 is 1.98 bits per heavy atom. The molecule has 3 rings (SSSR count). The van der Waals surface area contributed by atoms with Crippen molar-refractivity contribution in [1.82, 2.24) is 15.6 Å². The average molecular weight is 597 g/mol. The van der Waals surface area contributed by atoms with Crippen LogP contribution < -0.4 is 16.0 Å². The number of nitro groups is 1. The fourth-order valence-electron chi connectivity index (χ4n) is 3.17. The lowest BCUT2D eigenvalue weighted by atomic mass is 9.99. The smallest absolute Gasteiger partial charge is 0.353 e. The second-order valence-corrected chi connectivity index (χ2v) is 9.91. The Kier molecular flexibility index (Phi) is 10.1. The Balaban J connectivity index is 1.76. The summed E-state index contributed by atoms with van der Waals surface area (Å²) in [6.45, 7) is 2.66. The largest absolute Gasteiger partial charge is 0.458 e. The van der Waals surface area contributed by atoms with Gasteiger partial charge in [0.25, 0.3) is 11.6 Å². The molecule has 0 saturated carbocycles. The quantitative estimate of drug-likeness (QED) is 0.0750. The number of hydrogen-bond acceptors (Lipinski definition) is 12. The number of amides is 3. The predicted octanol–water partition coefficient (Wildman–Crippen LogP) is 1.10. The fraction of sp³-hybridized carbons (Fsp3) is 0.391. The zero-order chi connectivity index (χ0) is 29.4. The Hall–Kier alpha value is -4.15. The van der Waals surface area contributed by atoms with Crippen molar-refractivity contribution in [2.24, 2.45) is 5.16 Å². The third-order valence-corrected chi connectivity index (χ3v) is 6.35. The van der Waals surface area contributed by atoms with E-state index in [1.807, 2.05) is 0 Å². The minimum absolute atomic E-state index is 0.00885. The molecule has 0 aliphatic carbocycles. The average Bonchev–Trinajstić information content (AvgIpc) is 3.38. The highest BCUT2D eigenvalue weighted by molar-refractivity contribution is 7.14. The number of alkyl halides is 1. The number of esters is 1. The minimum Gasteiger partial charge on any atom is -0.458 e. The summed E-state index contributed by atoms with van der Waals surface area (Å²) in [5.74, 6) is -2.95. The van der Waals surface area contributed by atoms with Crippen molar-refractivity contribution in [3.05, 3.63) is 51.0 Å². The number of non-ortho nitro benzene ring substituents is 1. The third-order valence-electron chi connectivity index (χ3n) is 5.35. The van der Waals surface area contributed by atoms with Gasteiger partial charge >= 0.3 is 5.97 Å². The molecule has 40 heavy (non-hydrogen) atoms. The zero-order valence-corrected chi connectivity index (χ0v) is 23.0. The molecule has 1 aromatic heterocycles. The summed E-state index contributed by atoms with van der Waals surface area (Å²) in [5, 5.41) is 23.8. The van der Waals surface area contributed by atoms with Crippen molar-refractivity contribution in [3.63, 3.8) is 0 Å². The number of nitrogens with zero attached hydrogens (tertiary/aromatic N) is 3. The third kappa shape index (κ3) is 7.71. The summed E-state index contributed by atoms with van der Waals surface area (Å²) in [4.78, 5) is 69.3. The first-order chi connectivity index (χ1) is 18.9. The van der Waals surface area contributed by atoms with Gasteiger partial charge in [0.2, 0.25) is 17.4 Å². The van der Waals surface area contributed by atoms with Gasteiger partial charge in [-0.2, -0.15) is 0 Å². The van der Waals surface area contributed by atoms with E-state index >= 15 is 0 Å². The number of oxime groups is 1. The molecule has 17 heteroatoms. The first kappa shape index (κ1) is 30.4. The molecule has 2 aromatic rings. The van der Waals surface area contributed by atoms with Gasteiger partial charge in [0.1, 0.15) is 24.2 Å². The number of halogens is 1. The number of aromatic nitrogens is 1. The lowest BCUT2D eigenvalue weighted by Crippen LogP contribution is -2.71. The maximum absolute atomic E-state index is 13.2. The summed E-state index contributed by atoms with van der Waals surface area (Å²) in [7, 11) is 1.44. The van der Waals surface area contributed by atoms with Crippen molar-refractivity contribution in [2.75, 3.05) is 24.9 Å². The molecule has 0 spiro atoms. The number of nitro benzene ring substituents is 1. The number of ether oxygens (including phenoxy) is 2. The molecule has 0 radical (unpaired) electrons. The SMILES string of the molecule is COC[C@H]1NC(=O)[C@H]1NC(=O)C(=NOC(C)(C)C(=O)OCc1ccc([N+](=O)[O-])cc1)c1csc(NC(=O)CCl)n1. The molecule has 2 heterocycles. The number of carbonyl (C=O) groups is 4. The normalized spacial score (nSPS) is 16.8. The van der Waals surface area contributed by atoms with E-state index in [4.69, 9.17) is 25.9 Å². The number of benzene rings is 1. The summed E-state index contributed by atoms with van der Waals surface area (Å²) in [6, 6.07) is 4.05. The van der Waals surface area contributed by atoms with Crippen molar-refractivity contribution < 1.29 is 38.4 Å². The summed E-state index contributed by atoms with van der Waals surface area (Å²) >= 11 is 6.49. The molecule has 1 aliphatic rings. The second kappa shape index (κ2) is 13.3. The van der Waals surface area contributed by atoms with Crippen LogP contribution in [0.25, 0.3) is 0 Å². The van der Waals surface area contributed by atoms with Gasteiger partial charge in [0.05, 0.1) is 17.6 Å². The molecule has 1 saturated heterocycles. The Bertz CT molecular complexity index is 1310. The van der Waals surface area contributed by atoms with Crippen LogP contribution in [0, 0.1) is 10.1 Å². The van der Waals surface area contributed by atoms with Crippen molar-refractivity contribution >= 4 is 63.2 Å². The monoisotopic (exact) mass is 596 g/mol. The maximum atomic E-state index is 13.2. The highest BCUT2D eigenvalue weighted by Gasteiger charge is 2.41. The zero-order valence-electron chi connectivity index (χ0n) is 21.5. The van der Waals surface area contributed by atoms with Gasteiger partial charge < -0.3 is 30.3 Å². The van der Waals surface area contributed by atoms with Gasteiger partial charge in [-0.05, 0) is 31.5 Å². The molecule has 0 unspecified atom stereocenters.